The van der Waals surface area contributed by atoms with E-state index in [4.69, 9.17) is 0 Å². The lowest BCUT2D eigenvalue weighted by Gasteiger charge is -2.14. The Balaban J connectivity index is 0.00000210. The van der Waals surface area contributed by atoms with E-state index < -0.39 is 0 Å². The van der Waals surface area contributed by atoms with Gasteiger partial charge in [0.25, 0.3) is 5.91 Å². The average molecular weight is 499 g/mol. The van der Waals surface area contributed by atoms with Gasteiger partial charge in [-0.3, -0.25) is 4.79 Å². The van der Waals surface area contributed by atoms with E-state index in [-0.39, 0.29) is 29.6 Å². The molecule has 0 radical (unpaired) electrons. The Hall–Kier alpha value is -3.72. The number of nitrogens with zero attached hydrogens (tertiary/aromatic N) is 2. The maximum atomic E-state index is 13.1. The zero-order chi connectivity index (χ0) is 25.6. The summed E-state index contributed by atoms with van der Waals surface area (Å²) in [6.45, 7) is 8.93. The molecule has 0 aliphatic heterocycles. The van der Waals surface area contributed by atoms with Crippen LogP contribution in [-0.4, -0.2) is 39.0 Å². The van der Waals surface area contributed by atoms with Crippen molar-refractivity contribution in [3.05, 3.63) is 90.8 Å². The predicted molar refractivity (Wildman–Crippen MR) is 139 cm³/mol. The van der Waals surface area contributed by atoms with Gasteiger partial charge in [-0.1, -0.05) is 18.2 Å². The Morgan fingerprint density at radius 2 is 1.74 bits per heavy atom. The van der Waals surface area contributed by atoms with E-state index in [2.05, 4.69) is 28.9 Å². The Morgan fingerprint density at radius 1 is 1.09 bits per heavy atom. The van der Waals surface area contributed by atoms with Crippen LogP contribution in [0.2, 0.25) is 0 Å². The van der Waals surface area contributed by atoms with Gasteiger partial charge < -0.3 is 20.8 Å². The topological polar surface area (TPSA) is 99.4 Å². The molecular formula is C26H31FN4O3S. The number of amides is 1. The number of carbonyl (C=O) groups is 1. The first-order chi connectivity index (χ1) is 17.0. The number of benzene rings is 2. The van der Waals surface area contributed by atoms with E-state index in [1.165, 1.54) is 18.3 Å². The van der Waals surface area contributed by atoms with E-state index in [0.29, 0.717) is 41.5 Å². The normalized spacial score (nSPS) is 10.9. The summed E-state index contributed by atoms with van der Waals surface area (Å²) in [5, 5.41) is 29.8. The van der Waals surface area contributed by atoms with E-state index in [1.54, 1.807) is 35.9 Å². The maximum absolute atomic E-state index is 13.1. The number of carbonyl (C=O) groups excluding carboxylic acids is 1. The number of halogens is 1. The lowest BCUT2D eigenvalue weighted by molar-refractivity contribution is 0.0953. The van der Waals surface area contributed by atoms with Gasteiger partial charge in [0.2, 0.25) is 0 Å². The van der Waals surface area contributed by atoms with Gasteiger partial charge >= 0.3 is 0 Å². The molecule has 35 heavy (non-hydrogen) atoms. The van der Waals surface area contributed by atoms with Crippen molar-refractivity contribution in [3.63, 3.8) is 0 Å². The summed E-state index contributed by atoms with van der Waals surface area (Å²) in [6, 6.07) is 13.2. The number of unbranched alkanes of at least 4 members (excludes halogenated alkanes) is 1. The highest BCUT2D eigenvalue weighted by Gasteiger charge is 2.11. The molecule has 3 aromatic rings. The quantitative estimate of drug-likeness (QED) is 0.214. The third kappa shape index (κ3) is 8.22. The van der Waals surface area contributed by atoms with Crippen LogP contribution in [0.1, 0.15) is 34.5 Å². The number of nitrogens with one attached hydrogen (secondary N) is 2. The fourth-order valence-corrected chi connectivity index (χ4v) is 3.51. The maximum Gasteiger partial charge on any atom is 0.251 e. The number of hydrogen-bond acceptors (Lipinski definition) is 6. The van der Waals surface area contributed by atoms with Crippen molar-refractivity contribution in [3.8, 4) is 11.5 Å². The minimum Gasteiger partial charge on any atom is -0.508 e. The smallest absolute Gasteiger partial charge is 0.251 e. The molecule has 1 aromatic heterocycles. The van der Waals surface area contributed by atoms with Gasteiger partial charge in [0, 0.05) is 18.7 Å². The van der Waals surface area contributed by atoms with Gasteiger partial charge in [-0.05, 0) is 68.2 Å². The van der Waals surface area contributed by atoms with Gasteiger partial charge in [0.15, 0.2) is 0 Å². The molecule has 1 heterocycles. The van der Waals surface area contributed by atoms with Crippen molar-refractivity contribution in [2.24, 2.45) is 0 Å². The number of aromatic nitrogens is 2. The van der Waals surface area contributed by atoms with Crippen LogP contribution < -0.4 is 10.6 Å². The summed E-state index contributed by atoms with van der Waals surface area (Å²) in [5.74, 6) is 0.849. The van der Waals surface area contributed by atoms with Gasteiger partial charge in [0.1, 0.15) is 17.3 Å². The molecule has 2 aromatic carbocycles. The highest BCUT2D eigenvalue weighted by molar-refractivity contribution is 7.94. The summed E-state index contributed by atoms with van der Waals surface area (Å²) in [4.78, 5) is 12.6. The van der Waals surface area contributed by atoms with Crippen molar-refractivity contribution in [2.45, 2.75) is 31.1 Å². The molecule has 186 valence electrons. The molecule has 9 heteroatoms. The minimum absolute atomic E-state index is 0.119. The Labute approximate surface area is 209 Å². The predicted octanol–water partition coefficient (Wildman–Crippen LogP) is 5.22. The largest absolute Gasteiger partial charge is 0.508 e. The molecule has 0 bridgehead atoms. The average Bonchev–Trinajstić information content (AvgIpc) is 3.25. The Kier molecular flexibility index (Phi) is 11.4. The highest BCUT2D eigenvalue weighted by Crippen LogP contribution is 2.24. The summed E-state index contributed by atoms with van der Waals surface area (Å²) in [6.07, 6.45) is 5.42. The van der Waals surface area contributed by atoms with Crippen LogP contribution in [0, 0.1) is 6.92 Å². The van der Waals surface area contributed by atoms with Gasteiger partial charge in [0.05, 0.1) is 28.9 Å². The molecule has 0 spiro atoms. The van der Waals surface area contributed by atoms with Crippen molar-refractivity contribution in [1.82, 2.24) is 20.4 Å². The molecule has 3 rings (SSSR count). The van der Waals surface area contributed by atoms with Crippen LogP contribution >= 0.6 is 12.1 Å². The molecule has 0 saturated carbocycles. The number of rotatable bonds is 11. The summed E-state index contributed by atoms with van der Waals surface area (Å²) < 4.78 is 14.8. The van der Waals surface area contributed by atoms with Crippen LogP contribution in [0.3, 0.4) is 0 Å². The fourth-order valence-electron chi connectivity index (χ4n) is 3.22. The van der Waals surface area contributed by atoms with Crippen LogP contribution in [-0.2, 0) is 6.42 Å². The monoisotopic (exact) mass is 498 g/mol. The molecule has 0 fully saturated rings. The molecule has 0 unspecified atom stereocenters. The zero-order valence-corrected chi connectivity index (χ0v) is 20.5. The molecule has 0 atom stereocenters. The molecule has 0 aliphatic carbocycles. The number of aromatic hydroxyl groups is 2. The second kappa shape index (κ2) is 14.5. The number of phenols is 2. The van der Waals surface area contributed by atoms with Crippen molar-refractivity contribution < 1.29 is 18.9 Å². The Morgan fingerprint density at radius 3 is 2.37 bits per heavy atom. The first kappa shape index (κ1) is 27.5. The van der Waals surface area contributed by atoms with Crippen LogP contribution in [0.15, 0.2) is 78.9 Å². The van der Waals surface area contributed by atoms with Crippen LogP contribution in [0.5, 0.6) is 11.5 Å². The van der Waals surface area contributed by atoms with E-state index in [0.717, 1.165) is 18.4 Å². The molecular weight excluding hydrogens is 467 g/mol. The van der Waals surface area contributed by atoms with Gasteiger partial charge in [-0.2, -0.15) is 8.98 Å². The van der Waals surface area contributed by atoms with Crippen molar-refractivity contribution >= 4 is 23.9 Å². The van der Waals surface area contributed by atoms with E-state index in [9.17, 15) is 18.9 Å². The third-order valence-corrected chi connectivity index (χ3v) is 5.67. The molecule has 4 N–H and O–H groups in total. The van der Waals surface area contributed by atoms with E-state index >= 15 is 0 Å². The van der Waals surface area contributed by atoms with Crippen molar-refractivity contribution in [1.29, 1.82) is 0 Å². The minimum atomic E-state index is -0.186. The van der Waals surface area contributed by atoms with Gasteiger partial charge in [-0.25, -0.2) is 4.68 Å². The fraction of sp³-hybridized carbons (Fsp3) is 0.231. The molecule has 0 aliphatic rings. The highest BCUT2D eigenvalue weighted by atomic mass is 32.2. The Bertz CT molecular complexity index is 1120. The van der Waals surface area contributed by atoms with Gasteiger partial charge in [-0.15, -0.1) is 13.2 Å². The number of phenolic OH excluding ortho intramolecular Hbond substituents is 2. The summed E-state index contributed by atoms with van der Waals surface area (Å²) in [7, 11) is 0. The molecule has 7 nitrogen and oxygen atoms in total. The van der Waals surface area contributed by atoms with Crippen LogP contribution in [0.4, 0.5) is 3.89 Å². The third-order valence-electron chi connectivity index (χ3n) is 5.11. The first-order valence-electron chi connectivity index (χ1n) is 11.1. The van der Waals surface area contributed by atoms with E-state index in [1.807, 2.05) is 18.2 Å². The second-order valence-electron chi connectivity index (χ2n) is 7.44. The lowest BCUT2D eigenvalue weighted by Crippen LogP contribution is -2.25. The van der Waals surface area contributed by atoms with Crippen LogP contribution in [0.25, 0.3) is 5.82 Å². The standard InChI is InChI=1S/C24H27FN4O3S.C2H4/c1-17-22(33-25)16-28-29(17)23(13-10-18-6-2-3-7-21(18)31)26-14-4-5-15-27-24(32)19-8-11-20(30)12-9-19;1-2/h2-3,6-9,11-13,16,26,30-31H,4-5,10,14-15H2,1H3,(H,27,32);1-2H2/b23-13-;. The summed E-state index contributed by atoms with van der Waals surface area (Å²) in [5.41, 5.74) is 1.95. The zero-order valence-electron chi connectivity index (χ0n) is 19.7. The second-order valence-corrected chi connectivity index (χ2v) is 8.04. The van der Waals surface area contributed by atoms with Crippen molar-refractivity contribution in [2.75, 3.05) is 13.1 Å². The summed E-state index contributed by atoms with van der Waals surface area (Å²) >= 11 is 0.155. The molecule has 1 amide bonds. The number of para-hydroxylation sites is 1. The first-order valence-corrected chi connectivity index (χ1v) is 11.8. The number of hydrogen-bond donors (Lipinski definition) is 4. The molecule has 0 saturated heterocycles. The number of allylic oxidation sites excluding steroid dienone is 1. The SMILES string of the molecule is C=C.Cc1c(SF)cnn1/C(=C\Cc1ccccc1O)NCCCCNC(=O)c1ccc(O)cc1. The lowest BCUT2D eigenvalue weighted by atomic mass is 10.1.